The van der Waals surface area contributed by atoms with Crippen LogP contribution in [-0.4, -0.2) is 30.8 Å². The van der Waals surface area contributed by atoms with E-state index >= 15 is 0 Å². The molecule has 0 amide bonds. The largest absolute Gasteiger partial charge is 0.494 e. The van der Waals surface area contributed by atoms with E-state index in [-0.39, 0.29) is 0 Å². The first-order chi connectivity index (χ1) is 12.9. The molecule has 0 aliphatic rings. The lowest BCUT2D eigenvalue weighted by atomic mass is 9.96. The van der Waals surface area contributed by atoms with Crippen molar-refractivity contribution in [2.45, 2.75) is 46.8 Å². The van der Waals surface area contributed by atoms with Gasteiger partial charge in [0.2, 0.25) is 0 Å². The molecule has 0 aliphatic heterocycles. The minimum Gasteiger partial charge on any atom is -0.494 e. The summed E-state index contributed by atoms with van der Waals surface area (Å²) in [5.41, 5.74) is 0.732. The maximum atomic E-state index is 10.9. The van der Waals surface area contributed by atoms with Gasteiger partial charge in [-0.15, -0.1) is 0 Å². The topological polar surface area (TPSA) is 79.0 Å². The van der Waals surface area contributed by atoms with Gasteiger partial charge in [-0.25, -0.2) is 4.99 Å². The fraction of sp³-hybridized carbons (Fsp3) is 0.476. The van der Waals surface area contributed by atoms with Crippen molar-refractivity contribution in [2.24, 2.45) is 4.99 Å². The van der Waals surface area contributed by atoms with Crippen LogP contribution in [0, 0.1) is 13.8 Å². The first-order valence-corrected chi connectivity index (χ1v) is 9.40. The number of aliphatic hydroxyl groups is 1. The molecule has 1 atom stereocenters. The number of para-hydroxylation sites is 1. The summed E-state index contributed by atoms with van der Waals surface area (Å²) in [4.78, 5) is 4.63. The van der Waals surface area contributed by atoms with Crippen LogP contribution < -0.4 is 15.4 Å². The highest BCUT2D eigenvalue weighted by Gasteiger charge is 2.27. The molecule has 1 aromatic heterocycles. The van der Waals surface area contributed by atoms with Crippen LogP contribution in [0.3, 0.4) is 0 Å². The third-order valence-corrected chi connectivity index (χ3v) is 4.25. The number of aryl methyl sites for hydroxylation is 2. The molecular formula is C21H31N3O3. The molecule has 0 saturated heterocycles. The SMILES string of the molecule is CCNC(=NCc1ccccc1OCC)NCC(C)(O)c1cc(C)oc1C. The van der Waals surface area contributed by atoms with Gasteiger partial charge in [0, 0.05) is 17.7 Å². The number of hydrogen-bond acceptors (Lipinski definition) is 4. The Hall–Kier alpha value is -2.47. The number of benzene rings is 1. The molecule has 0 spiro atoms. The molecule has 0 fully saturated rings. The first kappa shape index (κ1) is 20.8. The average Bonchev–Trinajstić information content (AvgIpc) is 2.98. The monoisotopic (exact) mass is 373 g/mol. The maximum absolute atomic E-state index is 10.9. The molecule has 2 aromatic rings. The highest BCUT2D eigenvalue weighted by Crippen LogP contribution is 2.26. The van der Waals surface area contributed by atoms with Crippen LogP contribution >= 0.6 is 0 Å². The van der Waals surface area contributed by atoms with Crippen molar-refractivity contribution in [3.05, 3.63) is 53.0 Å². The summed E-state index contributed by atoms with van der Waals surface area (Å²) >= 11 is 0. The first-order valence-electron chi connectivity index (χ1n) is 9.40. The molecule has 1 aromatic carbocycles. The molecule has 1 heterocycles. The van der Waals surface area contributed by atoms with Crippen molar-refractivity contribution in [3.8, 4) is 5.75 Å². The van der Waals surface area contributed by atoms with Crippen LogP contribution in [-0.2, 0) is 12.1 Å². The summed E-state index contributed by atoms with van der Waals surface area (Å²) in [6, 6.07) is 9.76. The van der Waals surface area contributed by atoms with Gasteiger partial charge in [-0.2, -0.15) is 0 Å². The van der Waals surface area contributed by atoms with Crippen LogP contribution in [0.4, 0.5) is 0 Å². The molecule has 2 rings (SSSR count). The Balaban J connectivity index is 2.09. The minimum absolute atomic E-state index is 0.311. The fourth-order valence-corrected chi connectivity index (χ4v) is 2.95. The van der Waals surface area contributed by atoms with E-state index in [2.05, 4.69) is 15.6 Å². The second-order valence-electron chi connectivity index (χ2n) is 6.69. The summed E-state index contributed by atoms with van der Waals surface area (Å²) in [7, 11) is 0. The maximum Gasteiger partial charge on any atom is 0.191 e. The van der Waals surface area contributed by atoms with Crippen molar-refractivity contribution in [1.29, 1.82) is 0 Å². The zero-order valence-electron chi connectivity index (χ0n) is 16.9. The molecule has 0 radical (unpaired) electrons. The summed E-state index contributed by atoms with van der Waals surface area (Å²) in [5.74, 6) is 3.00. The second-order valence-corrected chi connectivity index (χ2v) is 6.69. The van der Waals surface area contributed by atoms with Crippen molar-refractivity contribution in [1.82, 2.24) is 10.6 Å². The molecule has 0 bridgehead atoms. The molecule has 6 nitrogen and oxygen atoms in total. The third kappa shape index (κ3) is 5.76. The second kappa shape index (κ2) is 9.46. The van der Waals surface area contributed by atoms with Crippen molar-refractivity contribution < 1.29 is 14.3 Å². The van der Waals surface area contributed by atoms with Crippen LogP contribution in [0.15, 0.2) is 39.7 Å². The molecule has 27 heavy (non-hydrogen) atoms. The van der Waals surface area contributed by atoms with E-state index in [9.17, 15) is 5.11 Å². The number of nitrogens with zero attached hydrogens (tertiary/aromatic N) is 1. The summed E-state index contributed by atoms with van der Waals surface area (Å²) in [6.45, 7) is 11.6. The van der Waals surface area contributed by atoms with E-state index in [1.165, 1.54) is 0 Å². The Labute approximate surface area is 161 Å². The molecule has 0 saturated carbocycles. The number of rotatable bonds is 8. The van der Waals surface area contributed by atoms with Crippen molar-refractivity contribution in [3.63, 3.8) is 0 Å². The van der Waals surface area contributed by atoms with Gasteiger partial charge in [-0.1, -0.05) is 18.2 Å². The third-order valence-electron chi connectivity index (χ3n) is 4.25. The van der Waals surface area contributed by atoms with E-state index in [1.807, 2.05) is 58.0 Å². The predicted octanol–water partition coefficient (Wildman–Crippen LogP) is 3.26. The Morgan fingerprint density at radius 2 is 1.96 bits per heavy atom. The number of ether oxygens (including phenoxy) is 1. The molecule has 1 unspecified atom stereocenters. The van der Waals surface area contributed by atoms with Crippen LogP contribution in [0.1, 0.15) is 43.4 Å². The van der Waals surface area contributed by atoms with E-state index in [0.717, 1.165) is 34.9 Å². The van der Waals surface area contributed by atoms with E-state index in [0.29, 0.717) is 25.7 Å². The van der Waals surface area contributed by atoms with Gasteiger partial charge in [-0.3, -0.25) is 0 Å². The van der Waals surface area contributed by atoms with E-state index in [1.54, 1.807) is 6.92 Å². The number of aliphatic imine (C=N–C) groups is 1. The predicted molar refractivity (Wildman–Crippen MR) is 108 cm³/mol. The lowest BCUT2D eigenvalue weighted by molar-refractivity contribution is 0.0601. The number of hydrogen-bond donors (Lipinski definition) is 3. The molecule has 6 heteroatoms. The Morgan fingerprint density at radius 3 is 2.59 bits per heavy atom. The van der Waals surface area contributed by atoms with Gasteiger partial charge in [0.15, 0.2) is 5.96 Å². The molecule has 148 valence electrons. The Kier molecular flexibility index (Phi) is 7.30. The Morgan fingerprint density at radius 1 is 1.22 bits per heavy atom. The van der Waals surface area contributed by atoms with Gasteiger partial charge in [-0.05, 0) is 46.8 Å². The standard InChI is InChI=1S/C21H31N3O3/c1-6-22-20(23-13-17-10-8-9-11-19(17)26-7-2)24-14-21(5,25)18-12-15(3)27-16(18)4/h8-12,25H,6-7,13-14H2,1-5H3,(H2,22,23,24). The highest BCUT2D eigenvalue weighted by molar-refractivity contribution is 5.79. The lowest BCUT2D eigenvalue weighted by Gasteiger charge is -2.24. The number of nitrogens with one attached hydrogen (secondary N) is 2. The van der Waals surface area contributed by atoms with Gasteiger partial charge >= 0.3 is 0 Å². The van der Waals surface area contributed by atoms with Gasteiger partial charge in [0.25, 0.3) is 0 Å². The average molecular weight is 373 g/mol. The summed E-state index contributed by atoms with van der Waals surface area (Å²) in [5, 5.41) is 17.3. The minimum atomic E-state index is -1.07. The molecular weight excluding hydrogens is 342 g/mol. The van der Waals surface area contributed by atoms with Gasteiger partial charge in [0.05, 0.1) is 19.7 Å². The van der Waals surface area contributed by atoms with E-state index < -0.39 is 5.60 Å². The Bertz CT molecular complexity index is 766. The van der Waals surface area contributed by atoms with E-state index in [4.69, 9.17) is 9.15 Å². The smallest absolute Gasteiger partial charge is 0.191 e. The van der Waals surface area contributed by atoms with Crippen LogP contribution in [0.2, 0.25) is 0 Å². The summed E-state index contributed by atoms with van der Waals surface area (Å²) < 4.78 is 11.2. The van der Waals surface area contributed by atoms with Crippen molar-refractivity contribution in [2.75, 3.05) is 19.7 Å². The van der Waals surface area contributed by atoms with Crippen LogP contribution in [0.25, 0.3) is 0 Å². The van der Waals surface area contributed by atoms with Crippen LogP contribution in [0.5, 0.6) is 5.75 Å². The van der Waals surface area contributed by atoms with Gasteiger partial charge < -0.3 is 24.9 Å². The normalized spacial score (nSPS) is 13.9. The quantitative estimate of drug-likeness (QED) is 0.489. The number of furan rings is 1. The molecule has 0 aliphatic carbocycles. The number of guanidine groups is 1. The highest BCUT2D eigenvalue weighted by atomic mass is 16.5. The summed E-state index contributed by atoms with van der Waals surface area (Å²) in [6.07, 6.45) is 0. The fourth-order valence-electron chi connectivity index (χ4n) is 2.95. The molecule has 3 N–H and O–H groups in total. The zero-order valence-corrected chi connectivity index (χ0v) is 16.9. The lowest BCUT2D eigenvalue weighted by Crippen LogP contribution is -2.44. The van der Waals surface area contributed by atoms with Gasteiger partial charge in [0.1, 0.15) is 22.9 Å². The zero-order chi connectivity index (χ0) is 19.9. The van der Waals surface area contributed by atoms with Crippen molar-refractivity contribution >= 4 is 5.96 Å².